The van der Waals surface area contributed by atoms with E-state index in [9.17, 15) is 0 Å². The molecule has 0 radical (unpaired) electrons. The van der Waals surface area contributed by atoms with Crippen molar-refractivity contribution in [1.29, 1.82) is 0 Å². The summed E-state index contributed by atoms with van der Waals surface area (Å²) in [6.07, 6.45) is 6.03. The fraction of sp³-hybridized carbons (Fsp3) is 0.667. The van der Waals surface area contributed by atoms with Crippen molar-refractivity contribution in [2.75, 3.05) is 6.54 Å². The van der Waals surface area contributed by atoms with Gasteiger partial charge in [-0.3, -0.25) is 0 Å². The van der Waals surface area contributed by atoms with Crippen molar-refractivity contribution in [2.45, 2.75) is 44.9 Å². The van der Waals surface area contributed by atoms with Crippen LogP contribution < -0.4 is 5.73 Å². The fourth-order valence-electron chi connectivity index (χ4n) is 2.30. The average Bonchev–Trinajstić information content (AvgIpc) is 2.70. The van der Waals surface area contributed by atoms with E-state index in [4.69, 9.17) is 5.73 Å². The highest BCUT2D eigenvalue weighted by Gasteiger charge is 2.20. The molecule has 2 rings (SSSR count). The summed E-state index contributed by atoms with van der Waals surface area (Å²) in [6, 6.07) is 2.05. The third-order valence-electron chi connectivity index (χ3n) is 3.05. The number of nitrogens with two attached hydrogens (primary N) is 1. The maximum Gasteiger partial charge on any atom is 0.131 e. The van der Waals surface area contributed by atoms with Crippen LogP contribution in [-0.2, 0) is 6.42 Å². The van der Waals surface area contributed by atoms with Gasteiger partial charge in [-0.25, -0.2) is 9.97 Å². The first-order valence-corrected chi connectivity index (χ1v) is 5.84. The highest BCUT2D eigenvalue weighted by atomic mass is 14.9. The molecule has 3 heteroatoms. The summed E-state index contributed by atoms with van der Waals surface area (Å²) in [5.74, 6) is 1.65. The van der Waals surface area contributed by atoms with Crippen molar-refractivity contribution < 1.29 is 0 Å². The number of aromatic nitrogens is 2. The van der Waals surface area contributed by atoms with Gasteiger partial charge in [0.25, 0.3) is 0 Å². The summed E-state index contributed by atoms with van der Waals surface area (Å²) in [7, 11) is 0. The number of nitrogens with zero attached hydrogens (tertiary/aromatic N) is 2. The minimum absolute atomic E-state index is 0.599. The highest BCUT2D eigenvalue weighted by Crippen LogP contribution is 2.32. The topological polar surface area (TPSA) is 51.8 Å². The monoisotopic (exact) mass is 205 g/mol. The first-order valence-electron chi connectivity index (χ1n) is 5.84. The minimum Gasteiger partial charge on any atom is -0.330 e. The molecule has 1 aromatic rings. The van der Waals surface area contributed by atoms with Crippen molar-refractivity contribution in [1.82, 2.24) is 9.97 Å². The van der Waals surface area contributed by atoms with E-state index < -0.39 is 0 Å². The van der Waals surface area contributed by atoms with Gasteiger partial charge in [0.2, 0.25) is 0 Å². The average molecular weight is 205 g/mol. The summed E-state index contributed by atoms with van der Waals surface area (Å²) < 4.78 is 0. The zero-order valence-corrected chi connectivity index (χ0v) is 9.37. The van der Waals surface area contributed by atoms with E-state index in [2.05, 4.69) is 9.97 Å². The molecular formula is C12H19N3. The molecule has 0 unspecified atom stereocenters. The molecule has 0 spiro atoms. The Balaban J connectivity index is 2.22. The molecule has 3 nitrogen and oxygen atoms in total. The van der Waals surface area contributed by atoms with E-state index in [1.54, 1.807) is 0 Å². The van der Waals surface area contributed by atoms with E-state index in [0.717, 1.165) is 23.6 Å². The molecule has 0 bridgehead atoms. The van der Waals surface area contributed by atoms with Gasteiger partial charge in [0.1, 0.15) is 5.82 Å². The van der Waals surface area contributed by atoms with Crippen LogP contribution in [0.25, 0.3) is 0 Å². The lowest BCUT2D eigenvalue weighted by molar-refractivity contribution is 0.655. The molecule has 15 heavy (non-hydrogen) atoms. The van der Waals surface area contributed by atoms with Crippen LogP contribution in [-0.4, -0.2) is 16.5 Å². The molecule has 0 atom stereocenters. The van der Waals surface area contributed by atoms with Crippen molar-refractivity contribution >= 4 is 0 Å². The molecule has 1 aliphatic rings. The molecule has 0 amide bonds. The second-order valence-electron chi connectivity index (χ2n) is 4.38. The van der Waals surface area contributed by atoms with E-state index in [1.165, 1.54) is 25.7 Å². The SMILES string of the molecule is Cc1cc(CCN)nc(C2CCCC2)n1. The van der Waals surface area contributed by atoms with Crippen molar-refractivity contribution in [3.63, 3.8) is 0 Å². The van der Waals surface area contributed by atoms with Crippen LogP contribution >= 0.6 is 0 Å². The normalized spacial score (nSPS) is 17.2. The maximum absolute atomic E-state index is 5.55. The summed E-state index contributed by atoms with van der Waals surface area (Å²) in [4.78, 5) is 9.16. The van der Waals surface area contributed by atoms with Crippen molar-refractivity contribution in [3.8, 4) is 0 Å². The van der Waals surface area contributed by atoms with Crippen molar-refractivity contribution in [2.24, 2.45) is 5.73 Å². The standard InChI is InChI=1S/C12H19N3/c1-9-8-11(6-7-13)15-12(14-9)10-4-2-3-5-10/h8,10H,2-7,13H2,1H3. The molecule has 0 aromatic carbocycles. The molecular weight excluding hydrogens is 186 g/mol. The number of aryl methyl sites for hydroxylation is 1. The lowest BCUT2D eigenvalue weighted by Gasteiger charge is -2.10. The summed E-state index contributed by atoms with van der Waals surface area (Å²) in [6.45, 7) is 2.71. The zero-order chi connectivity index (χ0) is 10.7. The van der Waals surface area contributed by atoms with Crippen LogP contribution in [0, 0.1) is 6.92 Å². The third-order valence-corrected chi connectivity index (χ3v) is 3.05. The molecule has 1 fully saturated rings. The highest BCUT2D eigenvalue weighted by molar-refractivity contribution is 5.13. The van der Waals surface area contributed by atoms with Gasteiger partial charge in [0.15, 0.2) is 0 Å². The van der Waals surface area contributed by atoms with Gasteiger partial charge in [0.05, 0.1) is 0 Å². The van der Waals surface area contributed by atoms with Crippen LogP contribution in [0.15, 0.2) is 6.07 Å². The van der Waals surface area contributed by atoms with Gasteiger partial charge in [-0.15, -0.1) is 0 Å². The molecule has 0 aliphatic heterocycles. The van der Waals surface area contributed by atoms with Gasteiger partial charge >= 0.3 is 0 Å². The first kappa shape index (κ1) is 10.6. The largest absolute Gasteiger partial charge is 0.330 e. The van der Waals surface area contributed by atoms with Crippen LogP contribution in [0.5, 0.6) is 0 Å². The van der Waals surface area contributed by atoms with Crippen LogP contribution in [0.1, 0.15) is 48.8 Å². The van der Waals surface area contributed by atoms with Gasteiger partial charge in [-0.1, -0.05) is 12.8 Å². The Morgan fingerprint density at radius 2 is 2.07 bits per heavy atom. The van der Waals surface area contributed by atoms with Crippen molar-refractivity contribution in [3.05, 3.63) is 23.3 Å². The molecule has 82 valence electrons. The lowest BCUT2D eigenvalue weighted by Crippen LogP contribution is -2.09. The van der Waals surface area contributed by atoms with Gasteiger partial charge < -0.3 is 5.73 Å². The first-order chi connectivity index (χ1) is 7.29. The molecule has 1 heterocycles. The van der Waals surface area contributed by atoms with E-state index in [1.807, 2.05) is 13.0 Å². The smallest absolute Gasteiger partial charge is 0.131 e. The van der Waals surface area contributed by atoms with Crippen LogP contribution in [0.3, 0.4) is 0 Å². The zero-order valence-electron chi connectivity index (χ0n) is 9.37. The predicted molar refractivity (Wildman–Crippen MR) is 60.7 cm³/mol. The second-order valence-corrected chi connectivity index (χ2v) is 4.38. The van der Waals surface area contributed by atoms with E-state index in [-0.39, 0.29) is 0 Å². The van der Waals surface area contributed by atoms with Crippen LogP contribution in [0.4, 0.5) is 0 Å². The Hall–Kier alpha value is -0.960. The third kappa shape index (κ3) is 2.53. The Labute approximate surface area is 91.1 Å². The second kappa shape index (κ2) is 4.71. The summed E-state index contributed by atoms with van der Waals surface area (Å²) >= 11 is 0. The minimum atomic E-state index is 0.599. The molecule has 1 saturated carbocycles. The summed E-state index contributed by atoms with van der Waals surface area (Å²) in [5.41, 5.74) is 7.74. The van der Waals surface area contributed by atoms with Gasteiger partial charge in [-0.05, 0) is 32.4 Å². The Morgan fingerprint density at radius 3 is 2.73 bits per heavy atom. The summed E-state index contributed by atoms with van der Waals surface area (Å²) in [5, 5.41) is 0. The Morgan fingerprint density at radius 1 is 1.33 bits per heavy atom. The lowest BCUT2D eigenvalue weighted by atomic mass is 10.1. The van der Waals surface area contributed by atoms with Gasteiger partial charge in [0, 0.05) is 23.7 Å². The Bertz CT molecular complexity index is 330. The van der Waals surface area contributed by atoms with Crippen LogP contribution in [0.2, 0.25) is 0 Å². The van der Waals surface area contributed by atoms with Gasteiger partial charge in [-0.2, -0.15) is 0 Å². The maximum atomic E-state index is 5.55. The molecule has 1 aromatic heterocycles. The number of rotatable bonds is 3. The predicted octanol–water partition coefficient (Wildman–Crippen LogP) is 1.94. The van der Waals surface area contributed by atoms with E-state index >= 15 is 0 Å². The van der Waals surface area contributed by atoms with E-state index in [0.29, 0.717) is 12.5 Å². The quantitative estimate of drug-likeness (QED) is 0.820. The molecule has 1 aliphatic carbocycles. The Kier molecular flexibility index (Phi) is 3.31. The molecule has 2 N–H and O–H groups in total. The fourth-order valence-corrected chi connectivity index (χ4v) is 2.30. The molecule has 0 saturated heterocycles. The number of hydrogen-bond acceptors (Lipinski definition) is 3. The number of hydrogen-bond donors (Lipinski definition) is 1.